The van der Waals surface area contributed by atoms with E-state index in [0.29, 0.717) is 25.7 Å². The number of rotatable bonds is 3. The maximum Gasteiger partial charge on any atom is 0.310 e. The molecule has 0 aliphatic heterocycles. The van der Waals surface area contributed by atoms with Crippen LogP contribution in [0.3, 0.4) is 0 Å². The molecule has 0 bridgehead atoms. The Morgan fingerprint density at radius 1 is 0.550 bits per heavy atom. The highest BCUT2D eigenvalue weighted by atomic mass is 16.4. The van der Waals surface area contributed by atoms with E-state index in [4.69, 9.17) is 0 Å². The van der Waals surface area contributed by atoms with Crippen LogP contribution in [0, 0.1) is 10.8 Å². The number of hydrogen-bond donors (Lipinski definition) is 2. The van der Waals surface area contributed by atoms with Crippen molar-refractivity contribution in [2.24, 2.45) is 10.8 Å². The number of carboxylic acids is 2. The van der Waals surface area contributed by atoms with Gasteiger partial charge in [-0.1, -0.05) is 51.4 Å². The van der Waals surface area contributed by atoms with Gasteiger partial charge in [-0.25, -0.2) is 0 Å². The minimum absolute atomic E-state index is 0.536. The summed E-state index contributed by atoms with van der Waals surface area (Å²) < 4.78 is 0. The lowest BCUT2D eigenvalue weighted by Gasteiger charge is -2.44. The van der Waals surface area contributed by atoms with Crippen LogP contribution in [0.4, 0.5) is 0 Å². The van der Waals surface area contributed by atoms with Crippen LogP contribution < -0.4 is 0 Å². The fraction of sp³-hybridized carbons (Fsp3) is 0.875. The van der Waals surface area contributed by atoms with Gasteiger partial charge in [0, 0.05) is 0 Å². The first-order valence-electron chi connectivity index (χ1n) is 8.02. The third kappa shape index (κ3) is 2.45. The molecule has 4 heteroatoms. The van der Waals surface area contributed by atoms with Crippen LogP contribution in [0.25, 0.3) is 0 Å². The minimum Gasteiger partial charge on any atom is -0.481 e. The lowest BCUT2D eigenvalue weighted by atomic mass is 9.56. The highest BCUT2D eigenvalue weighted by molar-refractivity contribution is 5.86. The third-order valence-corrected chi connectivity index (χ3v) is 5.65. The van der Waals surface area contributed by atoms with Gasteiger partial charge in [-0.3, -0.25) is 9.59 Å². The molecule has 0 atom stereocenters. The first-order chi connectivity index (χ1) is 9.55. The number of hydrogen-bond acceptors (Lipinski definition) is 2. The molecule has 2 aliphatic rings. The Balaban J connectivity index is 2.45. The predicted octanol–water partition coefficient (Wildman–Crippen LogP) is 3.84. The minimum atomic E-state index is -1.04. The quantitative estimate of drug-likeness (QED) is 0.771. The largest absolute Gasteiger partial charge is 0.481 e. The maximum absolute atomic E-state index is 12.1. The fourth-order valence-electron chi connectivity index (χ4n) is 4.46. The smallest absolute Gasteiger partial charge is 0.310 e. The van der Waals surface area contributed by atoms with Gasteiger partial charge in [0.25, 0.3) is 0 Å². The van der Waals surface area contributed by atoms with Gasteiger partial charge in [-0.05, 0) is 25.7 Å². The molecule has 2 saturated carbocycles. The van der Waals surface area contributed by atoms with Crippen molar-refractivity contribution in [2.45, 2.75) is 77.0 Å². The van der Waals surface area contributed by atoms with Crippen molar-refractivity contribution in [3.8, 4) is 0 Å². The van der Waals surface area contributed by atoms with E-state index < -0.39 is 22.8 Å². The predicted molar refractivity (Wildman–Crippen MR) is 75.5 cm³/mol. The second-order valence-corrected chi connectivity index (χ2v) is 6.60. The molecule has 0 heterocycles. The Hall–Kier alpha value is -1.06. The molecule has 114 valence electrons. The van der Waals surface area contributed by atoms with Gasteiger partial charge < -0.3 is 10.2 Å². The Morgan fingerprint density at radius 2 is 0.800 bits per heavy atom. The van der Waals surface area contributed by atoms with Gasteiger partial charge in [-0.15, -0.1) is 0 Å². The zero-order valence-electron chi connectivity index (χ0n) is 12.2. The zero-order valence-corrected chi connectivity index (χ0v) is 12.2. The van der Waals surface area contributed by atoms with E-state index in [0.717, 1.165) is 51.4 Å². The van der Waals surface area contributed by atoms with Crippen LogP contribution in [-0.2, 0) is 9.59 Å². The van der Waals surface area contributed by atoms with E-state index in [1.807, 2.05) is 0 Å². The topological polar surface area (TPSA) is 74.6 Å². The van der Waals surface area contributed by atoms with Crippen molar-refractivity contribution in [1.82, 2.24) is 0 Å². The molecule has 0 saturated heterocycles. The summed E-state index contributed by atoms with van der Waals surface area (Å²) in [4.78, 5) is 24.2. The summed E-state index contributed by atoms with van der Waals surface area (Å²) in [5.41, 5.74) is -2.08. The number of carbonyl (C=O) groups is 2. The summed E-state index contributed by atoms with van der Waals surface area (Å²) in [5.74, 6) is -1.74. The van der Waals surface area contributed by atoms with Crippen LogP contribution in [0.15, 0.2) is 0 Å². The summed E-state index contributed by atoms with van der Waals surface area (Å²) in [7, 11) is 0. The normalized spacial score (nSPS) is 26.2. The van der Waals surface area contributed by atoms with Gasteiger partial charge in [0.05, 0.1) is 10.8 Å². The first-order valence-corrected chi connectivity index (χ1v) is 8.02. The standard InChI is InChI=1S/C16H26O4/c17-13(18)15(9-5-1-2-6-10-15)16(14(19)20)11-7-3-4-8-12-16/h1-12H2,(H,17,18)(H,19,20). The molecule has 0 radical (unpaired) electrons. The van der Waals surface area contributed by atoms with Gasteiger partial charge in [0.1, 0.15) is 0 Å². The first kappa shape index (κ1) is 15.3. The summed E-state index contributed by atoms with van der Waals surface area (Å²) in [5, 5.41) is 19.8. The lowest BCUT2D eigenvalue weighted by molar-refractivity contribution is -0.178. The Labute approximate surface area is 120 Å². The van der Waals surface area contributed by atoms with E-state index in [1.54, 1.807) is 0 Å². The van der Waals surface area contributed by atoms with Crippen LogP contribution in [-0.4, -0.2) is 22.2 Å². The van der Waals surface area contributed by atoms with E-state index in [1.165, 1.54) is 0 Å². The van der Waals surface area contributed by atoms with Gasteiger partial charge in [0.2, 0.25) is 0 Å². The number of aliphatic carboxylic acids is 2. The molecule has 20 heavy (non-hydrogen) atoms. The van der Waals surface area contributed by atoms with Crippen LogP contribution >= 0.6 is 0 Å². The molecule has 2 aliphatic carbocycles. The highest BCUT2D eigenvalue weighted by Crippen LogP contribution is 2.56. The third-order valence-electron chi connectivity index (χ3n) is 5.65. The van der Waals surface area contributed by atoms with Crippen LogP contribution in [0.5, 0.6) is 0 Å². The van der Waals surface area contributed by atoms with E-state index in [2.05, 4.69) is 0 Å². The zero-order chi connectivity index (χ0) is 14.6. The van der Waals surface area contributed by atoms with Gasteiger partial charge in [-0.2, -0.15) is 0 Å². The molecule has 2 N–H and O–H groups in total. The summed E-state index contributed by atoms with van der Waals surface area (Å²) in [6.07, 6.45) is 9.67. The molecule has 0 aromatic rings. The molecule has 2 fully saturated rings. The van der Waals surface area contributed by atoms with E-state index in [-0.39, 0.29) is 0 Å². The van der Waals surface area contributed by atoms with Crippen LogP contribution in [0.2, 0.25) is 0 Å². The molecular weight excluding hydrogens is 256 g/mol. The lowest BCUT2D eigenvalue weighted by Crippen LogP contribution is -2.52. The second kappa shape index (κ2) is 6.15. The van der Waals surface area contributed by atoms with Gasteiger partial charge in [0.15, 0.2) is 0 Å². The Kier molecular flexibility index (Phi) is 4.71. The average molecular weight is 282 g/mol. The van der Waals surface area contributed by atoms with Crippen molar-refractivity contribution in [3.63, 3.8) is 0 Å². The Morgan fingerprint density at radius 3 is 1.00 bits per heavy atom. The van der Waals surface area contributed by atoms with Crippen molar-refractivity contribution in [1.29, 1.82) is 0 Å². The van der Waals surface area contributed by atoms with E-state index in [9.17, 15) is 19.8 Å². The van der Waals surface area contributed by atoms with Crippen LogP contribution in [0.1, 0.15) is 77.0 Å². The number of carboxylic acid groups (broad SMARTS) is 2. The molecule has 0 unspecified atom stereocenters. The molecule has 0 spiro atoms. The van der Waals surface area contributed by atoms with Crippen molar-refractivity contribution in [3.05, 3.63) is 0 Å². The summed E-state index contributed by atoms with van der Waals surface area (Å²) in [6.45, 7) is 0. The van der Waals surface area contributed by atoms with Crippen molar-refractivity contribution < 1.29 is 19.8 Å². The second-order valence-electron chi connectivity index (χ2n) is 6.60. The monoisotopic (exact) mass is 282 g/mol. The Bertz CT molecular complexity index is 323. The summed E-state index contributed by atoms with van der Waals surface area (Å²) in [6, 6.07) is 0. The van der Waals surface area contributed by atoms with E-state index >= 15 is 0 Å². The summed E-state index contributed by atoms with van der Waals surface area (Å²) >= 11 is 0. The van der Waals surface area contributed by atoms with Crippen molar-refractivity contribution >= 4 is 11.9 Å². The molecule has 0 aromatic heterocycles. The average Bonchev–Trinajstić information content (AvgIpc) is 2.80. The van der Waals surface area contributed by atoms with Gasteiger partial charge >= 0.3 is 11.9 Å². The SMILES string of the molecule is O=C(O)C1(C2(C(=O)O)CCCCCC2)CCCCCC1. The molecule has 4 nitrogen and oxygen atoms in total. The fourth-order valence-corrected chi connectivity index (χ4v) is 4.46. The van der Waals surface area contributed by atoms with Crippen molar-refractivity contribution in [2.75, 3.05) is 0 Å². The molecule has 0 aromatic carbocycles. The molecule has 0 amide bonds. The maximum atomic E-state index is 12.1. The molecular formula is C16H26O4. The molecule has 2 rings (SSSR count). The highest BCUT2D eigenvalue weighted by Gasteiger charge is 2.60.